The second-order valence-electron chi connectivity index (χ2n) is 3.50. The summed E-state index contributed by atoms with van der Waals surface area (Å²) in [6.45, 7) is 1.48. The molecule has 1 aliphatic carbocycles. The molecule has 0 radical (unpaired) electrons. The van der Waals surface area contributed by atoms with Crippen molar-refractivity contribution in [1.29, 1.82) is 0 Å². The lowest BCUT2D eigenvalue weighted by Gasteiger charge is -2.44. The predicted molar refractivity (Wildman–Crippen MR) is 47.5 cm³/mol. The Bertz CT molecular complexity index is 233. The maximum Gasteiger partial charge on any atom is 0.0605 e. The summed E-state index contributed by atoms with van der Waals surface area (Å²) >= 11 is 0. The lowest BCUT2D eigenvalue weighted by molar-refractivity contribution is -0.0614. The highest BCUT2D eigenvalue weighted by atomic mass is 16.5. The summed E-state index contributed by atoms with van der Waals surface area (Å²) in [4.78, 5) is 0. The van der Waals surface area contributed by atoms with Crippen LogP contribution < -0.4 is 11.5 Å². The zero-order chi connectivity index (χ0) is 8.60. The van der Waals surface area contributed by atoms with E-state index >= 15 is 0 Å². The quantitative estimate of drug-likeness (QED) is 0.566. The molecule has 66 valence electrons. The van der Waals surface area contributed by atoms with Crippen LogP contribution in [0.2, 0.25) is 0 Å². The van der Waals surface area contributed by atoms with Gasteiger partial charge in [0.1, 0.15) is 0 Å². The number of nitrogens with two attached hydrogens (primary N) is 2. The van der Waals surface area contributed by atoms with Gasteiger partial charge in [-0.15, -0.1) is 0 Å². The van der Waals surface area contributed by atoms with Gasteiger partial charge in [-0.1, -0.05) is 24.3 Å². The van der Waals surface area contributed by atoms with E-state index < -0.39 is 0 Å². The van der Waals surface area contributed by atoms with Crippen molar-refractivity contribution in [2.24, 2.45) is 17.4 Å². The van der Waals surface area contributed by atoms with E-state index in [2.05, 4.69) is 0 Å². The van der Waals surface area contributed by atoms with Crippen LogP contribution in [0.15, 0.2) is 24.3 Å². The van der Waals surface area contributed by atoms with Gasteiger partial charge in [0.25, 0.3) is 0 Å². The molecule has 12 heavy (non-hydrogen) atoms. The summed E-state index contributed by atoms with van der Waals surface area (Å²) in [5, 5.41) is 0. The molecule has 3 heteroatoms. The smallest absolute Gasteiger partial charge is 0.0605 e. The molecule has 0 aromatic heterocycles. The second-order valence-corrected chi connectivity index (χ2v) is 3.50. The third-order valence-corrected chi connectivity index (χ3v) is 2.74. The maximum absolute atomic E-state index is 6.16. The van der Waals surface area contributed by atoms with Crippen LogP contribution in [0.1, 0.15) is 0 Å². The predicted octanol–water partition coefficient (Wildman–Crippen LogP) is -0.216. The van der Waals surface area contributed by atoms with Crippen molar-refractivity contribution in [3.8, 4) is 0 Å². The fraction of sp³-hybridized carbons (Fsp3) is 0.556. The molecule has 0 spiro atoms. The Morgan fingerprint density at radius 2 is 2.08 bits per heavy atom. The molecule has 1 saturated heterocycles. The van der Waals surface area contributed by atoms with Crippen molar-refractivity contribution in [1.82, 2.24) is 0 Å². The van der Waals surface area contributed by atoms with Crippen LogP contribution >= 0.6 is 0 Å². The summed E-state index contributed by atoms with van der Waals surface area (Å²) in [5.74, 6) is 0.383. The first-order valence-corrected chi connectivity index (χ1v) is 4.22. The highest BCUT2D eigenvalue weighted by Crippen LogP contribution is 2.28. The average molecular weight is 166 g/mol. The van der Waals surface area contributed by atoms with Crippen molar-refractivity contribution < 1.29 is 4.74 Å². The molecule has 0 saturated carbocycles. The number of rotatable bonds is 1. The van der Waals surface area contributed by atoms with Gasteiger partial charge < -0.3 is 16.2 Å². The number of hydrogen-bond acceptors (Lipinski definition) is 3. The van der Waals surface area contributed by atoms with Crippen LogP contribution in [0.3, 0.4) is 0 Å². The van der Waals surface area contributed by atoms with Crippen molar-refractivity contribution in [3.63, 3.8) is 0 Å². The zero-order valence-electron chi connectivity index (χ0n) is 6.94. The van der Waals surface area contributed by atoms with Gasteiger partial charge in [0.15, 0.2) is 0 Å². The topological polar surface area (TPSA) is 61.3 Å². The van der Waals surface area contributed by atoms with E-state index in [0.717, 1.165) is 13.2 Å². The molecule has 3 nitrogen and oxygen atoms in total. The molecule has 2 unspecified atom stereocenters. The Kier molecular flexibility index (Phi) is 1.79. The minimum absolute atomic E-state index is 0.0728. The van der Waals surface area contributed by atoms with E-state index in [1.54, 1.807) is 0 Å². The van der Waals surface area contributed by atoms with Crippen LogP contribution in [-0.4, -0.2) is 24.8 Å². The van der Waals surface area contributed by atoms with Gasteiger partial charge in [0, 0.05) is 12.0 Å². The van der Waals surface area contributed by atoms with Crippen LogP contribution in [0, 0.1) is 5.92 Å². The minimum Gasteiger partial charge on any atom is -0.381 e. The Balaban J connectivity index is 2.17. The molecule has 2 aliphatic rings. The highest BCUT2D eigenvalue weighted by molar-refractivity contribution is 5.28. The van der Waals surface area contributed by atoms with Gasteiger partial charge in [0.2, 0.25) is 0 Å². The van der Waals surface area contributed by atoms with Gasteiger partial charge in [-0.2, -0.15) is 0 Å². The molecule has 0 aromatic rings. The molecule has 2 rings (SSSR count). The first-order chi connectivity index (χ1) is 5.73. The van der Waals surface area contributed by atoms with Crippen molar-refractivity contribution in [2.75, 3.05) is 13.2 Å². The minimum atomic E-state index is -0.382. The van der Waals surface area contributed by atoms with Gasteiger partial charge in [-0.25, -0.2) is 0 Å². The monoisotopic (exact) mass is 166 g/mol. The van der Waals surface area contributed by atoms with Gasteiger partial charge in [-0.3, -0.25) is 0 Å². The van der Waals surface area contributed by atoms with Crippen LogP contribution in [0.4, 0.5) is 0 Å². The molecular weight excluding hydrogens is 152 g/mol. The summed E-state index contributed by atoms with van der Waals surface area (Å²) in [6, 6.07) is -0.0728. The Labute approximate surface area is 72.1 Å². The van der Waals surface area contributed by atoms with Crippen LogP contribution in [0.5, 0.6) is 0 Å². The molecule has 0 aromatic carbocycles. The molecule has 2 atom stereocenters. The number of hydrogen-bond donors (Lipinski definition) is 2. The third-order valence-electron chi connectivity index (χ3n) is 2.74. The largest absolute Gasteiger partial charge is 0.381 e. The Morgan fingerprint density at radius 3 is 2.58 bits per heavy atom. The number of allylic oxidation sites excluding steroid dienone is 2. The first kappa shape index (κ1) is 7.98. The standard InChI is InChI=1S/C9H14N2O/c10-8-3-1-2-4-9(8,11)7-5-12-6-7/h1-4,7-8H,5-6,10-11H2. The van der Waals surface area contributed by atoms with Crippen molar-refractivity contribution >= 4 is 0 Å². The lowest BCUT2D eigenvalue weighted by Crippen LogP contribution is -2.63. The van der Waals surface area contributed by atoms with E-state index in [4.69, 9.17) is 16.2 Å². The van der Waals surface area contributed by atoms with Crippen molar-refractivity contribution in [2.45, 2.75) is 11.6 Å². The van der Waals surface area contributed by atoms with E-state index in [1.807, 2.05) is 24.3 Å². The maximum atomic E-state index is 6.16. The Morgan fingerprint density at radius 1 is 1.33 bits per heavy atom. The summed E-state index contributed by atoms with van der Waals surface area (Å²) in [7, 11) is 0. The average Bonchev–Trinajstić information content (AvgIpc) is 1.92. The summed E-state index contributed by atoms with van der Waals surface area (Å²) in [6.07, 6.45) is 7.83. The summed E-state index contributed by atoms with van der Waals surface area (Å²) in [5.41, 5.74) is 11.7. The Hall–Kier alpha value is -0.640. The van der Waals surface area contributed by atoms with Gasteiger partial charge in [0.05, 0.1) is 18.8 Å². The molecule has 1 heterocycles. The fourth-order valence-electron chi connectivity index (χ4n) is 1.62. The second kappa shape index (κ2) is 2.69. The SMILES string of the molecule is NC1C=CC=CC1(N)C1COC1. The zero-order valence-corrected chi connectivity index (χ0v) is 6.94. The first-order valence-electron chi connectivity index (χ1n) is 4.22. The van der Waals surface area contributed by atoms with E-state index in [0.29, 0.717) is 5.92 Å². The lowest BCUT2D eigenvalue weighted by atomic mass is 9.75. The van der Waals surface area contributed by atoms with E-state index in [-0.39, 0.29) is 11.6 Å². The normalized spacial score (nSPS) is 41.3. The molecule has 1 aliphatic heterocycles. The summed E-state index contributed by atoms with van der Waals surface area (Å²) < 4.78 is 5.11. The van der Waals surface area contributed by atoms with Crippen molar-refractivity contribution in [3.05, 3.63) is 24.3 Å². The van der Waals surface area contributed by atoms with Gasteiger partial charge in [-0.05, 0) is 0 Å². The molecular formula is C9H14N2O. The van der Waals surface area contributed by atoms with Crippen LogP contribution in [0.25, 0.3) is 0 Å². The molecule has 4 N–H and O–H groups in total. The fourth-order valence-corrected chi connectivity index (χ4v) is 1.62. The third kappa shape index (κ3) is 1.02. The van der Waals surface area contributed by atoms with Gasteiger partial charge >= 0.3 is 0 Å². The van der Waals surface area contributed by atoms with E-state index in [9.17, 15) is 0 Å². The van der Waals surface area contributed by atoms with Crippen LogP contribution in [-0.2, 0) is 4.74 Å². The highest BCUT2D eigenvalue weighted by Gasteiger charge is 2.42. The molecule has 0 amide bonds. The van der Waals surface area contributed by atoms with E-state index in [1.165, 1.54) is 0 Å². The molecule has 0 bridgehead atoms. The molecule has 1 fully saturated rings. The number of ether oxygens (including phenoxy) is 1.